The van der Waals surface area contributed by atoms with E-state index in [0.29, 0.717) is 30.3 Å². The lowest BCUT2D eigenvalue weighted by atomic mass is 10.3. The molecule has 4 nitrogen and oxygen atoms in total. The molecule has 0 radical (unpaired) electrons. The predicted octanol–water partition coefficient (Wildman–Crippen LogP) is 2.75. The van der Waals surface area contributed by atoms with Gasteiger partial charge in [0.15, 0.2) is 0 Å². The van der Waals surface area contributed by atoms with Crippen LogP contribution in [0.2, 0.25) is 5.02 Å². The van der Waals surface area contributed by atoms with E-state index in [9.17, 15) is 4.79 Å². The zero-order valence-corrected chi connectivity index (χ0v) is 11.1. The first-order valence-electron chi connectivity index (χ1n) is 6.01. The fraction of sp³-hybridized carbons (Fsp3) is 0.214. The fourth-order valence-electron chi connectivity index (χ4n) is 1.57. The zero-order chi connectivity index (χ0) is 13.5. The average molecular weight is 279 g/mol. The number of carbonyl (C=O) groups is 1. The van der Waals surface area contributed by atoms with E-state index in [1.165, 1.54) is 0 Å². The van der Waals surface area contributed by atoms with Crippen LogP contribution < -0.4 is 10.1 Å². The largest absolute Gasteiger partial charge is 0.491 e. The summed E-state index contributed by atoms with van der Waals surface area (Å²) in [6, 6.07) is 9.12. The molecule has 0 saturated carbocycles. The van der Waals surface area contributed by atoms with E-state index in [0.717, 1.165) is 5.56 Å². The molecule has 0 spiro atoms. The van der Waals surface area contributed by atoms with E-state index in [1.807, 2.05) is 30.6 Å². The molecule has 2 N–H and O–H groups in total. The minimum absolute atomic E-state index is 0.0479. The lowest BCUT2D eigenvalue weighted by Gasteiger charge is -2.08. The van der Waals surface area contributed by atoms with Crippen molar-refractivity contribution in [1.29, 1.82) is 0 Å². The van der Waals surface area contributed by atoms with Gasteiger partial charge >= 0.3 is 0 Å². The highest BCUT2D eigenvalue weighted by Gasteiger charge is 2.04. The number of halogens is 1. The molecular formula is C14H15ClN2O2. The van der Waals surface area contributed by atoms with Crippen molar-refractivity contribution in [2.75, 3.05) is 6.61 Å². The number of H-pyrrole nitrogens is 1. The number of hydrogen-bond donors (Lipinski definition) is 2. The number of hydrogen-bond acceptors (Lipinski definition) is 2. The lowest BCUT2D eigenvalue weighted by molar-refractivity contribution is -0.121. The first-order chi connectivity index (χ1) is 9.25. The smallest absolute Gasteiger partial charge is 0.223 e. The Labute approximate surface area is 116 Å². The van der Waals surface area contributed by atoms with E-state index in [4.69, 9.17) is 16.3 Å². The Balaban J connectivity index is 1.68. The highest BCUT2D eigenvalue weighted by Crippen LogP contribution is 2.22. The van der Waals surface area contributed by atoms with Crippen LogP contribution in [0.15, 0.2) is 42.7 Å². The van der Waals surface area contributed by atoms with Crippen molar-refractivity contribution >= 4 is 17.5 Å². The minimum Gasteiger partial charge on any atom is -0.491 e. The molecular weight excluding hydrogens is 264 g/mol. The van der Waals surface area contributed by atoms with E-state index < -0.39 is 0 Å². The van der Waals surface area contributed by atoms with Crippen molar-refractivity contribution in [1.82, 2.24) is 10.3 Å². The van der Waals surface area contributed by atoms with Gasteiger partial charge < -0.3 is 15.0 Å². The molecule has 19 heavy (non-hydrogen) atoms. The van der Waals surface area contributed by atoms with Crippen LogP contribution in [0.5, 0.6) is 5.75 Å². The van der Waals surface area contributed by atoms with Gasteiger partial charge in [-0.1, -0.05) is 23.7 Å². The van der Waals surface area contributed by atoms with Gasteiger partial charge in [0.25, 0.3) is 0 Å². The highest BCUT2D eigenvalue weighted by molar-refractivity contribution is 6.32. The number of para-hydroxylation sites is 1. The van der Waals surface area contributed by atoms with Crippen LogP contribution in [0.3, 0.4) is 0 Å². The minimum atomic E-state index is -0.0479. The molecule has 0 atom stereocenters. The second kappa shape index (κ2) is 6.85. The molecule has 0 unspecified atom stereocenters. The van der Waals surface area contributed by atoms with Crippen LogP contribution in [0.4, 0.5) is 0 Å². The average Bonchev–Trinajstić information content (AvgIpc) is 2.92. The molecule has 0 saturated heterocycles. The van der Waals surface area contributed by atoms with Crippen LogP contribution >= 0.6 is 11.6 Å². The van der Waals surface area contributed by atoms with E-state index in [1.54, 1.807) is 12.1 Å². The highest BCUT2D eigenvalue weighted by atomic mass is 35.5. The summed E-state index contributed by atoms with van der Waals surface area (Å²) in [6.07, 6.45) is 3.97. The number of carbonyl (C=O) groups excluding carboxylic acids is 1. The molecule has 0 fully saturated rings. The Bertz CT molecular complexity index is 526. The molecule has 0 aliphatic rings. The fourth-order valence-corrected chi connectivity index (χ4v) is 1.76. The maximum atomic E-state index is 11.6. The summed E-state index contributed by atoms with van der Waals surface area (Å²) in [4.78, 5) is 14.5. The lowest BCUT2D eigenvalue weighted by Crippen LogP contribution is -2.24. The monoisotopic (exact) mass is 278 g/mol. The third-order valence-corrected chi connectivity index (χ3v) is 2.89. The van der Waals surface area contributed by atoms with Gasteiger partial charge in [0.2, 0.25) is 5.91 Å². The maximum absolute atomic E-state index is 11.6. The number of aromatic nitrogens is 1. The number of nitrogens with one attached hydrogen (secondary N) is 2. The van der Waals surface area contributed by atoms with Crippen molar-refractivity contribution in [2.24, 2.45) is 0 Å². The van der Waals surface area contributed by atoms with Crippen molar-refractivity contribution in [3.8, 4) is 5.75 Å². The first-order valence-corrected chi connectivity index (χ1v) is 6.39. The number of aromatic amines is 1. The summed E-state index contributed by atoms with van der Waals surface area (Å²) in [5.74, 6) is 0.552. The number of benzene rings is 1. The van der Waals surface area contributed by atoms with Gasteiger partial charge in [-0.3, -0.25) is 4.79 Å². The van der Waals surface area contributed by atoms with Gasteiger partial charge in [0.1, 0.15) is 5.75 Å². The quantitative estimate of drug-likeness (QED) is 0.854. The SMILES string of the molecule is O=C(CCOc1ccccc1Cl)NCc1cc[nH]c1. The summed E-state index contributed by atoms with van der Waals surface area (Å²) >= 11 is 5.94. The van der Waals surface area contributed by atoms with Crippen LogP contribution in [0, 0.1) is 0 Å². The third-order valence-electron chi connectivity index (χ3n) is 2.58. The van der Waals surface area contributed by atoms with E-state index in [-0.39, 0.29) is 5.91 Å². The maximum Gasteiger partial charge on any atom is 0.223 e. The summed E-state index contributed by atoms with van der Waals surface area (Å²) < 4.78 is 5.45. The molecule has 0 bridgehead atoms. The molecule has 0 aliphatic heterocycles. The number of ether oxygens (including phenoxy) is 1. The summed E-state index contributed by atoms with van der Waals surface area (Å²) in [7, 11) is 0. The van der Waals surface area contributed by atoms with Gasteiger partial charge in [-0.25, -0.2) is 0 Å². The second-order valence-corrected chi connectivity index (χ2v) is 4.43. The number of amides is 1. The van der Waals surface area contributed by atoms with Gasteiger partial charge in [0, 0.05) is 18.9 Å². The molecule has 1 amide bonds. The number of rotatable bonds is 6. The molecule has 2 rings (SSSR count). The Morgan fingerprint density at radius 2 is 2.16 bits per heavy atom. The molecule has 1 aromatic heterocycles. The Morgan fingerprint density at radius 1 is 1.32 bits per heavy atom. The Kier molecular flexibility index (Phi) is 4.86. The predicted molar refractivity (Wildman–Crippen MR) is 74.2 cm³/mol. The van der Waals surface area contributed by atoms with Crippen LogP contribution in [0.1, 0.15) is 12.0 Å². The second-order valence-electron chi connectivity index (χ2n) is 4.02. The van der Waals surface area contributed by atoms with Crippen molar-refractivity contribution < 1.29 is 9.53 Å². The molecule has 2 aromatic rings. The topological polar surface area (TPSA) is 54.1 Å². The van der Waals surface area contributed by atoms with Gasteiger partial charge in [-0.15, -0.1) is 0 Å². The van der Waals surface area contributed by atoms with Crippen molar-refractivity contribution in [2.45, 2.75) is 13.0 Å². The molecule has 100 valence electrons. The van der Waals surface area contributed by atoms with Crippen molar-refractivity contribution in [3.63, 3.8) is 0 Å². The van der Waals surface area contributed by atoms with Crippen LogP contribution in [0.25, 0.3) is 0 Å². The molecule has 1 heterocycles. The summed E-state index contributed by atoms with van der Waals surface area (Å²) in [6.45, 7) is 0.830. The zero-order valence-electron chi connectivity index (χ0n) is 10.4. The third kappa shape index (κ3) is 4.34. The van der Waals surface area contributed by atoms with Gasteiger partial charge in [-0.05, 0) is 23.8 Å². The van der Waals surface area contributed by atoms with E-state index in [2.05, 4.69) is 10.3 Å². The van der Waals surface area contributed by atoms with Crippen LogP contribution in [-0.2, 0) is 11.3 Å². The summed E-state index contributed by atoms with van der Waals surface area (Å²) in [5.41, 5.74) is 1.04. The molecule has 0 aliphatic carbocycles. The van der Waals surface area contributed by atoms with Gasteiger partial charge in [0.05, 0.1) is 18.1 Å². The van der Waals surface area contributed by atoms with Gasteiger partial charge in [-0.2, -0.15) is 0 Å². The molecule has 1 aromatic carbocycles. The Morgan fingerprint density at radius 3 is 2.89 bits per heavy atom. The first kappa shape index (κ1) is 13.5. The van der Waals surface area contributed by atoms with E-state index >= 15 is 0 Å². The summed E-state index contributed by atoms with van der Waals surface area (Å²) in [5, 5.41) is 3.37. The normalized spacial score (nSPS) is 10.2. The molecule has 5 heteroatoms. The Hall–Kier alpha value is -1.94. The van der Waals surface area contributed by atoms with Crippen LogP contribution in [-0.4, -0.2) is 17.5 Å². The van der Waals surface area contributed by atoms with Crippen molar-refractivity contribution in [3.05, 3.63) is 53.3 Å². The standard InChI is InChI=1S/C14H15ClN2O2/c15-12-3-1-2-4-13(12)19-8-6-14(18)17-10-11-5-7-16-9-11/h1-5,7,9,16H,6,8,10H2,(H,17,18).